The third-order valence-corrected chi connectivity index (χ3v) is 6.41. The largest absolute Gasteiger partial charge is 0.497 e. The Morgan fingerprint density at radius 1 is 1.07 bits per heavy atom. The zero-order valence-corrected chi connectivity index (χ0v) is 17.7. The fourth-order valence-electron chi connectivity index (χ4n) is 4.61. The second kappa shape index (κ2) is 8.19. The Kier molecular flexibility index (Phi) is 5.64. The molecule has 0 radical (unpaired) electrons. The van der Waals surface area contributed by atoms with Crippen LogP contribution in [-0.4, -0.2) is 26.2 Å². The van der Waals surface area contributed by atoms with E-state index in [2.05, 4.69) is 49.5 Å². The normalized spacial score (nSPS) is 19.4. The van der Waals surface area contributed by atoms with Gasteiger partial charge in [-0.15, -0.1) is 0 Å². The molecule has 2 aromatic rings. The van der Waals surface area contributed by atoms with Crippen molar-refractivity contribution in [2.75, 3.05) is 20.3 Å². The molecule has 1 amide bonds. The van der Waals surface area contributed by atoms with E-state index in [9.17, 15) is 4.79 Å². The molecule has 0 aromatic heterocycles. The minimum absolute atomic E-state index is 0.0547. The summed E-state index contributed by atoms with van der Waals surface area (Å²) in [5.74, 6) is 1.49. The van der Waals surface area contributed by atoms with Gasteiger partial charge in [0, 0.05) is 13.2 Å². The van der Waals surface area contributed by atoms with E-state index in [1.165, 1.54) is 11.1 Å². The summed E-state index contributed by atoms with van der Waals surface area (Å²) in [7, 11) is 1.67. The number of hydrogen-bond donors (Lipinski definition) is 1. The van der Waals surface area contributed by atoms with Crippen LogP contribution >= 0.6 is 0 Å². The zero-order valence-electron chi connectivity index (χ0n) is 17.7. The van der Waals surface area contributed by atoms with Crippen LogP contribution in [0.15, 0.2) is 42.5 Å². The van der Waals surface area contributed by atoms with E-state index < -0.39 is 5.41 Å². The lowest BCUT2D eigenvalue weighted by Gasteiger charge is -2.38. The van der Waals surface area contributed by atoms with Gasteiger partial charge in [-0.1, -0.05) is 41.5 Å². The highest BCUT2D eigenvalue weighted by Gasteiger charge is 2.44. The second-order valence-corrected chi connectivity index (χ2v) is 8.63. The lowest BCUT2D eigenvalue weighted by atomic mass is 9.72. The maximum absolute atomic E-state index is 13.8. The van der Waals surface area contributed by atoms with Crippen LogP contribution in [0.3, 0.4) is 0 Å². The van der Waals surface area contributed by atoms with Crippen molar-refractivity contribution in [2.45, 2.75) is 51.0 Å². The first kappa shape index (κ1) is 20.0. The number of rotatable bonds is 6. The van der Waals surface area contributed by atoms with Gasteiger partial charge in [0.05, 0.1) is 18.6 Å². The summed E-state index contributed by atoms with van der Waals surface area (Å²) in [6.45, 7) is 5.45. The van der Waals surface area contributed by atoms with Crippen molar-refractivity contribution in [1.29, 1.82) is 0 Å². The van der Waals surface area contributed by atoms with Gasteiger partial charge in [-0.3, -0.25) is 4.79 Å². The predicted molar refractivity (Wildman–Crippen MR) is 114 cm³/mol. The molecular formula is C25H31NO3. The van der Waals surface area contributed by atoms with E-state index in [0.717, 1.165) is 42.6 Å². The van der Waals surface area contributed by atoms with Crippen LogP contribution in [0.5, 0.6) is 5.75 Å². The van der Waals surface area contributed by atoms with Crippen molar-refractivity contribution in [3.63, 3.8) is 0 Å². The lowest BCUT2D eigenvalue weighted by molar-refractivity contribution is -0.131. The van der Waals surface area contributed by atoms with E-state index in [-0.39, 0.29) is 11.9 Å². The first-order valence-electron chi connectivity index (χ1n) is 10.6. The Labute approximate surface area is 173 Å². The lowest BCUT2D eigenvalue weighted by Crippen LogP contribution is -2.49. The Morgan fingerprint density at radius 3 is 2.24 bits per heavy atom. The summed E-state index contributed by atoms with van der Waals surface area (Å²) in [5, 5.41) is 3.45. The van der Waals surface area contributed by atoms with E-state index in [4.69, 9.17) is 9.47 Å². The molecule has 1 heterocycles. The minimum atomic E-state index is -0.519. The van der Waals surface area contributed by atoms with Crippen molar-refractivity contribution < 1.29 is 14.3 Å². The molecule has 1 N–H and O–H groups in total. The first-order valence-corrected chi connectivity index (χ1v) is 10.6. The molecule has 1 saturated carbocycles. The van der Waals surface area contributed by atoms with Gasteiger partial charge in [-0.25, -0.2) is 0 Å². The van der Waals surface area contributed by atoms with Gasteiger partial charge in [-0.2, -0.15) is 0 Å². The Bertz CT molecular complexity index is 844. The molecule has 1 unspecified atom stereocenters. The van der Waals surface area contributed by atoms with E-state index >= 15 is 0 Å². The van der Waals surface area contributed by atoms with Gasteiger partial charge in [0.25, 0.3) is 0 Å². The van der Waals surface area contributed by atoms with Crippen LogP contribution < -0.4 is 10.1 Å². The second-order valence-electron chi connectivity index (χ2n) is 8.63. The fraction of sp³-hybridized carbons (Fsp3) is 0.480. The smallest absolute Gasteiger partial charge is 0.231 e. The molecule has 2 aromatic carbocycles. The molecule has 2 fully saturated rings. The van der Waals surface area contributed by atoms with Crippen molar-refractivity contribution in [3.8, 4) is 5.75 Å². The Balaban J connectivity index is 1.64. The highest BCUT2D eigenvalue weighted by molar-refractivity contribution is 5.89. The standard InChI is InChI=1S/C25H31NO3/c1-17-14-18(2)16-21(15-17)25(10-12-29-13-11-25)24(27)26-23(19-4-5-19)20-6-8-22(28-3)9-7-20/h6-9,14-16,19,23H,4-5,10-13H2,1-3H3,(H,26,27). The number of ether oxygens (including phenoxy) is 2. The van der Waals surface area contributed by atoms with Crippen molar-refractivity contribution in [1.82, 2.24) is 5.32 Å². The topological polar surface area (TPSA) is 47.6 Å². The molecule has 154 valence electrons. The van der Waals surface area contributed by atoms with Gasteiger partial charge >= 0.3 is 0 Å². The van der Waals surface area contributed by atoms with Crippen molar-refractivity contribution in [3.05, 3.63) is 64.7 Å². The molecule has 2 aliphatic rings. The maximum atomic E-state index is 13.8. The summed E-state index contributed by atoms with van der Waals surface area (Å²) in [4.78, 5) is 13.8. The van der Waals surface area contributed by atoms with Gasteiger partial charge in [0.15, 0.2) is 0 Å². The molecule has 29 heavy (non-hydrogen) atoms. The average molecular weight is 394 g/mol. The van der Waals surface area contributed by atoms with Crippen molar-refractivity contribution in [2.24, 2.45) is 5.92 Å². The number of amides is 1. The summed E-state index contributed by atoms with van der Waals surface area (Å²) < 4.78 is 10.9. The molecule has 0 spiro atoms. The van der Waals surface area contributed by atoms with Gasteiger partial charge in [-0.05, 0) is 68.7 Å². The highest BCUT2D eigenvalue weighted by Crippen LogP contribution is 2.43. The molecule has 1 aliphatic carbocycles. The number of benzene rings is 2. The fourth-order valence-corrected chi connectivity index (χ4v) is 4.61. The van der Waals surface area contributed by atoms with E-state index in [1.54, 1.807) is 7.11 Å². The van der Waals surface area contributed by atoms with Crippen LogP contribution in [0, 0.1) is 19.8 Å². The molecule has 4 rings (SSSR count). The molecule has 4 nitrogen and oxygen atoms in total. The van der Waals surface area contributed by atoms with Crippen LogP contribution in [0.2, 0.25) is 0 Å². The SMILES string of the molecule is COc1ccc(C(NC(=O)C2(c3cc(C)cc(C)c3)CCOCC2)C2CC2)cc1. The molecule has 1 aliphatic heterocycles. The minimum Gasteiger partial charge on any atom is -0.497 e. The number of hydrogen-bond acceptors (Lipinski definition) is 3. The third kappa shape index (κ3) is 4.18. The highest BCUT2D eigenvalue weighted by atomic mass is 16.5. The maximum Gasteiger partial charge on any atom is 0.231 e. The number of carbonyl (C=O) groups is 1. The molecule has 4 heteroatoms. The zero-order chi connectivity index (χ0) is 20.4. The predicted octanol–water partition coefficient (Wildman–Crippen LogP) is 4.63. The average Bonchev–Trinajstić information content (AvgIpc) is 3.57. The van der Waals surface area contributed by atoms with Gasteiger partial charge < -0.3 is 14.8 Å². The van der Waals surface area contributed by atoms with Crippen LogP contribution in [0.25, 0.3) is 0 Å². The van der Waals surface area contributed by atoms with Crippen LogP contribution in [0.1, 0.15) is 54.0 Å². The van der Waals surface area contributed by atoms with E-state index in [1.807, 2.05) is 12.1 Å². The molecular weight excluding hydrogens is 362 g/mol. The first-order chi connectivity index (χ1) is 14.0. The molecule has 0 bridgehead atoms. The van der Waals surface area contributed by atoms with Crippen LogP contribution in [-0.2, 0) is 14.9 Å². The Hall–Kier alpha value is -2.33. The summed E-state index contributed by atoms with van der Waals surface area (Å²) >= 11 is 0. The third-order valence-electron chi connectivity index (χ3n) is 6.41. The number of aryl methyl sites for hydroxylation is 2. The van der Waals surface area contributed by atoms with Gasteiger partial charge in [0.2, 0.25) is 5.91 Å². The quantitative estimate of drug-likeness (QED) is 0.778. The summed E-state index contributed by atoms with van der Waals surface area (Å²) in [6, 6.07) is 14.7. The molecule has 1 atom stereocenters. The number of methoxy groups -OCH3 is 1. The summed E-state index contributed by atoms with van der Waals surface area (Å²) in [6.07, 6.45) is 3.77. The van der Waals surface area contributed by atoms with Crippen LogP contribution in [0.4, 0.5) is 0 Å². The van der Waals surface area contributed by atoms with E-state index in [0.29, 0.717) is 19.1 Å². The summed E-state index contributed by atoms with van der Waals surface area (Å²) in [5.41, 5.74) is 4.17. The van der Waals surface area contributed by atoms with Crippen molar-refractivity contribution >= 4 is 5.91 Å². The Morgan fingerprint density at radius 2 is 1.69 bits per heavy atom. The number of carbonyl (C=O) groups excluding carboxylic acids is 1. The monoisotopic (exact) mass is 393 g/mol. The van der Waals surface area contributed by atoms with Gasteiger partial charge in [0.1, 0.15) is 5.75 Å². The number of nitrogens with one attached hydrogen (secondary N) is 1. The molecule has 1 saturated heterocycles.